The number of aromatic hydroxyl groups is 1. The Morgan fingerprint density at radius 2 is 2.05 bits per heavy atom. The van der Waals surface area contributed by atoms with Gasteiger partial charge in [0.25, 0.3) is 5.91 Å². The Kier molecular flexibility index (Phi) is 4.86. The summed E-state index contributed by atoms with van der Waals surface area (Å²) in [6.45, 7) is 1.77. The van der Waals surface area contributed by atoms with Gasteiger partial charge < -0.3 is 10.4 Å². The SMILES string of the molecule is Cc1c(O)cccc1C(=O)NC1CCCCCC1Br. The van der Waals surface area contributed by atoms with Crippen LogP contribution in [0.4, 0.5) is 0 Å². The maximum Gasteiger partial charge on any atom is 0.251 e. The predicted octanol–water partition coefficient (Wildman–Crippen LogP) is 3.53. The summed E-state index contributed by atoms with van der Waals surface area (Å²) >= 11 is 3.67. The molecular weight excluding hydrogens is 306 g/mol. The molecule has 1 amide bonds. The first-order chi connectivity index (χ1) is 9.09. The van der Waals surface area contributed by atoms with Crippen LogP contribution in [0.25, 0.3) is 0 Å². The van der Waals surface area contributed by atoms with Gasteiger partial charge in [-0.1, -0.05) is 41.3 Å². The van der Waals surface area contributed by atoms with Crippen LogP contribution in [0.3, 0.4) is 0 Å². The molecule has 1 saturated carbocycles. The highest BCUT2D eigenvalue weighted by Gasteiger charge is 2.24. The first-order valence-electron chi connectivity index (χ1n) is 6.83. The van der Waals surface area contributed by atoms with Gasteiger partial charge in [-0.05, 0) is 31.9 Å². The molecule has 0 aliphatic heterocycles. The van der Waals surface area contributed by atoms with Gasteiger partial charge in [0.05, 0.1) is 0 Å². The molecule has 1 aromatic rings. The second kappa shape index (κ2) is 6.42. The molecule has 0 heterocycles. The molecule has 0 aromatic heterocycles. The number of hydrogen-bond donors (Lipinski definition) is 2. The maximum atomic E-state index is 12.3. The summed E-state index contributed by atoms with van der Waals surface area (Å²) in [5, 5.41) is 12.8. The normalized spacial score (nSPS) is 23.7. The second-order valence-electron chi connectivity index (χ2n) is 5.18. The molecule has 1 fully saturated rings. The summed E-state index contributed by atoms with van der Waals surface area (Å²) in [5.41, 5.74) is 1.20. The standard InChI is InChI=1S/C15H20BrNO2/c1-10-11(6-5-9-14(10)18)15(19)17-13-8-4-2-3-7-12(13)16/h5-6,9,12-13,18H,2-4,7-8H2,1H3,(H,17,19). The zero-order valence-electron chi connectivity index (χ0n) is 11.2. The van der Waals surface area contributed by atoms with E-state index in [0.717, 1.165) is 19.3 Å². The maximum absolute atomic E-state index is 12.3. The lowest BCUT2D eigenvalue weighted by molar-refractivity contribution is 0.0934. The van der Waals surface area contributed by atoms with Crippen LogP contribution in [-0.2, 0) is 0 Å². The third-order valence-corrected chi connectivity index (χ3v) is 4.89. The molecule has 2 atom stereocenters. The number of hydrogen-bond acceptors (Lipinski definition) is 2. The van der Waals surface area contributed by atoms with Crippen molar-refractivity contribution in [3.05, 3.63) is 29.3 Å². The molecule has 1 aromatic carbocycles. The first-order valence-corrected chi connectivity index (χ1v) is 7.74. The molecule has 1 aliphatic rings. The first kappa shape index (κ1) is 14.4. The van der Waals surface area contributed by atoms with Crippen molar-refractivity contribution in [2.24, 2.45) is 0 Å². The van der Waals surface area contributed by atoms with Crippen molar-refractivity contribution in [3.63, 3.8) is 0 Å². The molecule has 0 bridgehead atoms. The molecule has 4 heteroatoms. The second-order valence-corrected chi connectivity index (χ2v) is 6.36. The van der Waals surface area contributed by atoms with E-state index < -0.39 is 0 Å². The van der Waals surface area contributed by atoms with E-state index in [0.29, 0.717) is 16.0 Å². The van der Waals surface area contributed by atoms with E-state index >= 15 is 0 Å². The van der Waals surface area contributed by atoms with Gasteiger partial charge in [0, 0.05) is 22.0 Å². The number of phenolic OH excluding ortho intramolecular Hbond substituents is 1. The van der Waals surface area contributed by atoms with Crippen molar-refractivity contribution in [1.82, 2.24) is 5.32 Å². The van der Waals surface area contributed by atoms with E-state index in [2.05, 4.69) is 21.2 Å². The number of phenols is 1. The molecule has 0 radical (unpaired) electrons. The molecule has 2 unspecified atom stereocenters. The molecule has 104 valence electrons. The lowest BCUT2D eigenvalue weighted by Crippen LogP contribution is -2.40. The lowest BCUT2D eigenvalue weighted by Gasteiger charge is -2.22. The van der Waals surface area contributed by atoms with Gasteiger partial charge in [-0.3, -0.25) is 4.79 Å². The molecule has 1 aliphatic carbocycles. The Balaban J connectivity index is 2.09. The summed E-state index contributed by atoms with van der Waals surface area (Å²) in [6, 6.07) is 5.24. The number of alkyl halides is 1. The van der Waals surface area contributed by atoms with Gasteiger partial charge in [0.15, 0.2) is 0 Å². The van der Waals surface area contributed by atoms with Gasteiger partial charge in [-0.15, -0.1) is 0 Å². The number of halogens is 1. The van der Waals surface area contributed by atoms with Crippen LogP contribution >= 0.6 is 15.9 Å². The van der Waals surface area contributed by atoms with Gasteiger partial charge in [-0.25, -0.2) is 0 Å². The zero-order chi connectivity index (χ0) is 13.8. The molecule has 2 rings (SSSR count). The largest absolute Gasteiger partial charge is 0.508 e. The number of amides is 1. The minimum atomic E-state index is -0.0928. The summed E-state index contributed by atoms with van der Waals surface area (Å²) in [6.07, 6.45) is 5.72. The quantitative estimate of drug-likeness (QED) is 0.645. The molecule has 19 heavy (non-hydrogen) atoms. The van der Waals surface area contributed by atoms with E-state index in [1.54, 1.807) is 25.1 Å². The van der Waals surface area contributed by atoms with Crippen LogP contribution in [0, 0.1) is 6.92 Å². The van der Waals surface area contributed by atoms with E-state index in [1.807, 2.05) is 0 Å². The minimum absolute atomic E-state index is 0.0928. The number of benzene rings is 1. The predicted molar refractivity (Wildman–Crippen MR) is 79.9 cm³/mol. The van der Waals surface area contributed by atoms with Crippen LogP contribution < -0.4 is 5.32 Å². The number of rotatable bonds is 2. The van der Waals surface area contributed by atoms with Crippen molar-refractivity contribution >= 4 is 21.8 Å². The highest BCUT2D eigenvalue weighted by atomic mass is 79.9. The van der Waals surface area contributed by atoms with Crippen LogP contribution in [0.1, 0.15) is 48.0 Å². The summed E-state index contributed by atoms with van der Waals surface area (Å²) in [4.78, 5) is 12.6. The van der Waals surface area contributed by atoms with Gasteiger partial charge in [0.1, 0.15) is 5.75 Å². The van der Waals surface area contributed by atoms with E-state index in [4.69, 9.17) is 0 Å². The number of carbonyl (C=O) groups is 1. The van der Waals surface area contributed by atoms with E-state index in [9.17, 15) is 9.90 Å². The Hall–Kier alpha value is -1.03. The van der Waals surface area contributed by atoms with Crippen molar-refractivity contribution < 1.29 is 9.90 Å². The third-order valence-electron chi connectivity index (χ3n) is 3.80. The number of nitrogens with one attached hydrogen (secondary N) is 1. The fraction of sp³-hybridized carbons (Fsp3) is 0.533. The fourth-order valence-corrected chi connectivity index (χ4v) is 3.26. The highest BCUT2D eigenvalue weighted by Crippen LogP contribution is 2.25. The molecular formula is C15H20BrNO2. The summed E-state index contributed by atoms with van der Waals surface area (Å²) < 4.78 is 0. The van der Waals surface area contributed by atoms with Crippen LogP contribution in [0.15, 0.2) is 18.2 Å². The van der Waals surface area contributed by atoms with Crippen molar-refractivity contribution in [2.45, 2.75) is 49.9 Å². The molecule has 0 spiro atoms. The average Bonchev–Trinajstić information content (AvgIpc) is 2.58. The third kappa shape index (κ3) is 3.50. The molecule has 2 N–H and O–H groups in total. The van der Waals surface area contributed by atoms with Gasteiger partial charge >= 0.3 is 0 Å². The van der Waals surface area contributed by atoms with Crippen molar-refractivity contribution in [3.8, 4) is 5.75 Å². The highest BCUT2D eigenvalue weighted by molar-refractivity contribution is 9.09. The molecule has 3 nitrogen and oxygen atoms in total. The summed E-state index contributed by atoms with van der Waals surface area (Å²) in [7, 11) is 0. The minimum Gasteiger partial charge on any atom is -0.508 e. The zero-order valence-corrected chi connectivity index (χ0v) is 12.7. The Morgan fingerprint density at radius 3 is 2.84 bits per heavy atom. The summed E-state index contributed by atoms with van der Waals surface area (Å²) in [5.74, 6) is 0.0775. The Labute approximate surface area is 122 Å². The fourth-order valence-electron chi connectivity index (χ4n) is 2.54. The lowest BCUT2D eigenvalue weighted by atomic mass is 10.0. The van der Waals surface area contributed by atoms with Crippen LogP contribution in [-0.4, -0.2) is 21.9 Å². The van der Waals surface area contributed by atoms with Crippen LogP contribution in [0.2, 0.25) is 0 Å². The number of carbonyl (C=O) groups excluding carboxylic acids is 1. The average molecular weight is 326 g/mol. The van der Waals surface area contributed by atoms with Crippen LogP contribution in [0.5, 0.6) is 5.75 Å². The Bertz CT molecular complexity index is 461. The van der Waals surface area contributed by atoms with Crippen molar-refractivity contribution in [1.29, 1.82) is 0 Å². The van der Waals surface area contributed by atoms with Crippen molar-refractivity contribution in [2.75, 3.05) is 0 Å². The smallest absolute Gasteiger partial charge is 0.251 e. The monoisotopic (exact) mass is 325 g/mol. The topological polar surface area (TPSA) is 49.3 Å². The van der Waals surface area contributed by atoms with Gasteiger partial charge in [-0.2, -0.15) is 0 Å². The Morgan fingerprint density at radius 1 is 1.32 bits per heavy atom. The van der Waals surface area contributed by atoms with E-state index in [1.165, 1.54) is 12.8 Å². The van der Waals surface area contributed by atoms with E-state index in [-0.39, 0.29) is 17.7 Å². The van der Waals surface area contributed by atoms with Gasteiger partial charge in [0.2, 0.25) is 0 Å². The molecule has 0 saturated heterocycles.